The average molecular weight is 230 g/mol. The Balaban J connectivity index is 2.91. The predicted octanol–water partition coefficient (Wildman–Crippen LogP) is 1.83. The van der Waals surface area contributed by atoms with E-state index < -0.39 is 18.8 Å². The van der Waals surface area contributed by atoms with E-state index in [1.54, 1.807) is 6.07 Å². The number of rotatable bonds is 3. The summed E-state index contributed by atoms with van der Waals surface area (Å²) in [4.78, 5) is 0. The molecule has 0 spiro atoms. The second kappa shape index (κ2) is 4.86. The Morgan fingerprint density at radius 2 is 2.00 bits per heavy atom. The summed E-state index contributed by atoms with van der Waals surface area (Å²) in [5.41, 5.74) is 5.02. The molecule has 0 aliphatic carbocycles. The van der Waals surface area contributed by atoms with E-state index in [4.69, 9.17) is 11.0 Å². The number of ether oxygens (including phenoxy) is 1. The monoisotopic (exact) mass is 230 g/mol. The molecule has 0 saturated carbocycles. The highest BCUT2D eigenvalue weighted by molar-refractivity contribution is 5.42. The fourth-order valence-electron chi connectivity index (χ4n) is 1.06. The van der Waals surface area contributed by atoms with Crippen molar-refractivity contribution in [1.82, 2.24) is 0 Å². The molecule has 0 bridgehead atoms. The summed E-state index contributed by atoms with van der Waals surface area (Å²) in [7, 11) is 0. The summed E-state index contributed by atoms with van der Waals surface area (Å²) in [6.07, 6.45) is -6.64. The smallest absolute Gasteiger partial charge is 0.426 e. The van der Waals surface area contributed by atoms with Crippen LogP contribution in [0, 0.1) is 11.3 Å². The van der Waals surface area contributed by atoms with Crippen molar-refractivity contribution in [1.29, 1.82) is 5.26 Å². The lowest BCUT2D eigenvalue weighted by atomic mass is 10.2. The minimum absolute atomic E-state index is 0.0465. The molecule has 2 N–H and O–H groups in total. The van der Waals surface area contributed by atoms with Gasteiger partial charge in [0.1, 0.15) is 11.8 Å². The molecule has 0 heterocycles. The summed E-state index contributed by atoms with van der Waals surface area (Å²) in [6, 6.07) is 7.44. The third-order valence-electron chi connectivity index (χ3n) is 1.86. The SMILES string of the molecule is N#Cc1ccccc1OC(CN)C(F)(F)F. The first-order chi connectivity index (χ1) is 7.49. The van der Waals surface area contributed by atoms with E-state index >= 15 is 0 Å². The average Bonchev–Trinajstić information content (AvgIpc) is 2.24. The molecule has 0 fully saturated rings. The molecule has 6 heteroatoms. The van der Waals surface area contributed by atoms with Gasteiger partial charge in [-0.15, -0.1) is 0 Å². The number of halogens is 3. The van der Waals surface area contributed by atoms with E-state index in [2.05, 4.69) is 4.74 Å². The second-order valence-electron chi connectivity index (χ2n) is 2.99. The van der Waals surface area contributed by atoms with Gasteiger partial charge in [0.25, 0.3) is 0 Å². The third kappa shape index (κ3) is 2.87. The van der Waals surface area contributed by atoms with Gasteiger partial charge in [0.05, 0.1) is 5.56 Å². The van der Waals surface area contributed by atoms with Crippen molar-refractivity contribution < 1.29 is 17.9 Å². The highest BCUT2D eigenvalue weighted by Gasteiger charge is 2.41. The summed E-state index contributed by atoms with van der Waals surface area (Å²) < 4.78 is 41.7. The minimum atomic E-state index is -4.54. The molecule has 0 radical (unpaired) electrons. The van der Waals surface area contributed by atoms with Crippen molar-refractivity contribution in [3.63, 3.8) is 0 Å². The normalized spacial score (nSPS) is 12.9. The van der Waals surface area contributed by atoms with E-state index in [1.165, 1.54) is 24.3 Å². The van der Waals surface area contributed by atoms with Crippen LogP contribution in [0.2, 0.25) is 0 Å². The first-order valence-corrected chi connectivity index (χ1v) is 4.41. The number of para-hydroxylation sites is 1. The van der Waals surface area contributed by atoms with Crippen LogP contribution >= 0.6 is 0 Å². The van der Waals surface area contributed by atoms with Crippen LogP contribution in [0.1, 0.15) is 5.56 Å². The Labute approximate surface area is 90.2 Å². The topological polar surface area (TPSA) is 59.0 Å². The lowest BCUT2D eigenvalue weighted by molar-refractivity contribution is -0.191. The predicted molar refractivity (Wildman–Crippen MR) is 50.7 cm³/mol. The van der Waals surface area contributed by atoms with Gasteiger partial charge in [0.15, 0.2) is 0 Å². The van der Waals surface area contributed by atoms with Gasteiger partial charge in [-0.1, -0.05) is 12.1 Å². The van der Waals surface area contributed by atoms with Crippen LogP contribution in [0.3, 0.4) is 0 Å². The molecule has 1 aromatic rings. The molecular weight excluding hydrogens is 221 g/mol. The number of benzene rings is 1. The Morgan fingerprint density at radius 1 is 1.38 bits per heavy atom. The van der Waals surface area contributed by atoms with Crippen molar-refractivity contribution in [2.24, 2.45) is 5.73 Å². The van der Waals surface area contributed by atoms with Crippen molar-refractivity contribution in [3.8, 4) is 11.8 Å². The number of nitrogens with zero attached hydrogens (tertiary/aromatic N) is 1. The first kappa shape index (κ1) is 12.3. The summed E-state index contributed by atoms with van der Waals surface area (Å²) in [6.45, 7) is -0.691. The molecule has 1 atom stereocenters. The maximum Gasteiger partial charge on any atom is 0.426 e. The largest absolute Gasteiger partial charge is 0.478 e. The maximum absolute atomic E-state index is 12.4. The van der Waals surface area contributed by atoms with E-state index in [-0.39, 0.29) is 11.3 Å². The molecule has 0 saturated heterocycles. The first-order valence-electron chi connectivity index (χ1n) is 4.41. The molecule has 0 aliphatic rings. The molecule has 16 heavy (non-hydrogen) atoms. The number of nitriles is 1. The molecule has 1 unspecified atom stereocenters. The van der Waals surface area contributed by atoms with E-state index in [0.717, 1.165) is 0 Å². The highest BCUT2D eigenvalue weighted by atomic mass is 19.4. The van der Waals surface area contributed by atoms with Gasteiger partial charge in [-0.25, -0.2) is 0 Å². The Kier molecular flexibility index (Phi) is 3.74. The van der Waals surface area contributed by atoms with Gasteiger partial charge in [-0.2, -0.15) is 18.4 Å². The van der Waals surface area contributed by atoms with Crippen molar-refractivity contribution in [2.75, 3.05) is 6.54 Å². The van der Waals surface area contributed by atoms with Crippen LogP contribution < -0.4 is 10.5 Å². The maximum atomic E-state index is 12.4. The summed E-state index contributed by atoms with van der Waals surface area (Å²) in [5.74, 6) is -0.113. The molecule has 0 aliphatic heterocycles. The van der Waals surface area contributed by atoms with E-state index in [1.807, 2.05) is 0 Å². The molecular formula is C10H9F3N2O. The fraction of sp³-hybridized carbons (Fsp3) is 0.300. The zero-order valence-corrected chi connectivity index (χ0v) is 8.16. The zero-order valence-electron chi connectivity index (χ0n) is 8.16. The van der Waals surface area contributed by atoms with Gasteiger partial charge in [0, 0.05) is 6.54 Å². The van der Waals surface area contributed by atoms with Gasteiger partial charge in [0.2, 0.25) is 6.10 Å². The van der Waals surface area contributed by atoms with Crippen molar-refractivity contribution in [2.45, 2.75) is 12.3 Å². The van der Waals surface area contributed by atoms with Gasteiger partial charge in [-0.3, -0.25) is 0 Å². The van der Waals surface area contributed by atoms with Crippen LogP contribution in [0.25, 0.3) is 0 Å². The van der Waals surface area contributed by atoms with Gasteiger partial charge >= 0.3 is 6.18 Å². The standard InChI is InChI=1S/C10H9F3N2O/c11-10(12,13)9(6-15)16-8-4-2-1-3-7(8)5-14/h1-4,9H,6,15H2. The molecule has 3 nitrogen and oxygen atoms in total. The van der Waals surface area contributed by atoms with Crippen LogP contribution in [-0.2, 0) is 0 Å². The lowest BCUT2D eigenvalue weighted by Crippen LogP contribution is -2.40. The Hall–Kier alpha value is -1.74. The Morgan fingerprint density at radius 3 is 2.50 bits per heavy atom. The molecule has 86 valence electrons. The zero-order chi connectivity index (χ0) is 12.2. The second-order valence-corrected chi connectivity index (χ2v) is 2.99. The fourth-order valence-corrected chi connectivity index (χ4v) is 1.06. The molecule has 1 aromatic carbocycles. The quantitative estimate of drug-likeness (QED) is 0.861. The lowest BCUT2D eigenvalue weighted by Gasteiger charge is -2.20. The number of hydrogen-bond acceptors (Lipinski definition) is 3. The minimum Gasteiger partial charge on any atom is -0.478 e. The van der Waals surface area contributed by atoms with Crippen LogP contribution in [-0.4, -0.2) is 18.8 Å². The Bertz CT molecular complexity index is 398. The van der Waals surface area contributed by atoms with Gasteiger partial charge in [-0.05, 0) is 12.1 Å². The van der Waals surface area contributed by atoms with Gasteiger partial charge < -0.3 is 10.5 Å². The van der Waals surface area contributed by atoms with E-state index in [9.17, 15) is 13.2 Å². The van der Waals surface area contributed by atoms with Crippen LogP contribution in [0.4, 0.5) is 13.2 Å². The number of nitrogens with two attached hydrogens (primary N) is 1. The highest BCUT2D eigenvalue weighted by Crippen LogP contribution is 2.26. The molecule has 0 aromatic heterocycles. The van der Waals surface area contributed by atoms with Crippen molar-refractivity contribution in [3.05, 3.63) is 29.8 Å². The molecule has 1 rings (SSSR count). The summed E-state index contributed by atoms with van der Waals surface area (Å²) >= 11 is 0. The van der Waals surface area contributed by atoms with Crippen molar-refractivity contribution >= 4 is 0 Å². The van der Waals surface area contributed by atoms with Crippen LogP contribution in [0.5, 0.6) is 5.75 Å². The van der Waals surface area contributed by atoms with Crippen LogP contribution in [0.15, 0.2) is 24.3 Å². The third-order valence-corrected chi connectivity index (χ3v) is 1.86. The number of hydrogen-bond donors (Lipinski definition) is 1. The van der Waals surface area contributed by atoms with E-state index in [0.29, 0.717) is 0 Å². The summed E-state index contributed by atoms with van der Waals surface area (Å²) in [5, 5.41) is 8.66. The number of alkyl halides is 3. The molecule has 0 amide bonds.